The third-order valence-electron chi connectivity index (χ3n) is 3.81. The van der Waals surface area contributed by atoms with E-state index in [9.17, 15) is 22.8 Å². The molecule has 0 spiro atoms. The zero-order chi connectivity index (χ0) is 19.3. The van der Waals surface area contributed by atoms with Gasteiger partial charge in [0.05, 0.1) is 12.4 Å². The molecule has 2 rings (SSSR count). The second kappa shape index (κ2) is 8.60. The summed E-state index contributed by atoms with van der Waals surface area (Å²) in [6, 6.07) is -0.0843. The number of carbonyl (C=O) groups excluding carboxylic acids is 2. The van der Waals surface area contributed by atoms with Crippen molar-refractivity contribution in [2.75, 3.05) is 25.4 Å². The zero-order valence-electron chi connectivity index (χ0n) is 14.4. The standard InChI is InChI=1S/C14H20F3N5O3S/c1-3-25-13(24)22-6-4-9(5-7-22)18-10(23)8-26-12-20-19-11(21(12)2)14(15,16)17/h9H,3-8H2,1-2H3,(H,18,23). The Morgan fingerprint density at radius 2 is 1.96 bits per heavy atom. The van der Waals surface area contributed by atoms with E-state index in [1.807, 2.05) is 0 Å². The average molecular weight is 395 g/mol. The van der Waals surface area contributed by atoms with Crippen LogP contribution in [0.4, 0.5) is 18.0 Å². The smallest absolute Gasteiger partial charge is 0.450 e. The summed E-state index contributed by atoms with van der Waals surface area (Å²) in [5.74, 6) is -1.48. The number of thioether (sulfide) groups is 1. The summed E-state index contributed by atoms with van der Waals surface area (Å²) in [7, 11) is 1.20. The van der Waals surface area contributed by atoms with Crippen molar-refractivity contribution in [2.45, 2.75) is 37.1 Å². The molecular weight excluding hydrogens is 375 g/mol. The lowest BCUT2D eigenvalue weighted by Gasteiger charge is -2.31. The van der Waals surface area contributed by atoms with E-state index in [4.69, 9.17) is 4.74 Å². The van der Waals surface area contributed by atoms with Gasteiger partial charge >= 0.3 is 12.3 Å². The van der Waals surface area contributed by atoms with Gasteiger partial charge in [0.2, 0.25) is 11.7 Å². The first kappa shape index (κ1) is 20.3. The van der Waals surface area contributed by atoms with Crippen LogP contribution in [0.25, 0.3) is 0 Å². The number of nitrogens with one attached hydrogen (secondary N) is 1. The molecule has 1 N–H and O–H groups in total. The summed E-state index contributed by atoms with van der Waals surface area (Å²) in [5, 5.41) is 9.41. The van der Waals surface area contributed by atoms with Gasteiger partial charge in [0.15, 0.2) is 5.16 Å². The van der Waals surface area contributed by atoms with Crippen LogP contribution >= 0.6 is 11.8 Å². The highest BCUT2D eigenvalue weighted by molar-refractivity contribution is 7.99. The third kappa shape index (κ3) is 5.26. The fourth-order valence-corrected chi connectivity index (χ4v) is 3.23. The summed E-state index contributed by atoms with van der Waals surface area (Å²) in [5.41, 5.74) is 0. The largest absolute Gasteiger partial charge is 0.451 e. The number of alkyl halides is 3. The van der Waals surface area contributed by atoms with Crippen LogP contribution in [0.5, 0.6) is 0 Å². The van der Waals surface area contributed by atoms with Crippen molar-refractivity contribution >= 4 is 23.8 Å². The maximum atomic E-state index is 12.7. The van der Waals surface area contributed by atoms with Gasteiger partial charge in [0.25, 0.3) is 0 Å². The molecule has 2 heterocycles. The van der Waals surface area contributed by atoms with Crippen molar-refractivity contribution in [3.63, 3.8) is 0 Å². The van der Waals surface area contributed by atoms with E-state index < -0.39 is 12.0 Å². The predicted octanol–water partition coefficient (Wildman–Crippen LogP) is 1.66. The number of halogens is 3. The van der Waals surface area contributed by atoms with Crippen LogP contribution < -0.4 is 5.32 Å². The van der Waals surface area contributed by atoms with E-state index in [-0.39, 0.29) is 29.0 Å². The number of rotatable bonds is 5. The van der Waals surface area contributed by atoms with Crippen LogP contribution in [0, 0.1) is 0 Å². The van der Waals surface area contributed by atoms with E-state index in [1.165, 1.54) is 7.05 Å². The molecular formula is C14H20F3N5O3S. The van der Waals surface area contributed by atoms with E-state index >= 15 is 0 Å². The molecule has 2 amide bonds. The van der Waals surface area contributed by atoms with Crippen molar-refractivity contribution in [3.8, 4) is 0 Å². The van der Waals surface area contributed by atoms with Gasteiger partial charge in [-0.15, -0.1) is 10.2 Å². The number of amides is 2. The molecule has 12 heteroatoms. The van der Waals surface area contributed by atoms with Gasteiger partial charge < -0.3 is 19.5 Å². The lowest BCUT2D eigenvalue weighted by Crippen LogP contribution is -2.47. The molecule has 0 aliphatic carbocycles. The Kier molecular flexibility index (Phi) is 6.73. The monoisotopic (exact) mass is 395 g/mol. The molecule has 1 saturated heterocycles. The molecule has 26 heavy (non-hydrogen) atoms. The molecule has 0 aromatic carbocycles. The number of likely N-dealkylation sites (tertiary alicyclic amines) is 1. The van der Waals surface area contributed by atoms with Crippen molar-refractivity contribution < 1.29 is 27.5 Å². The number of carbonyl (C=O) groups is 2. The van der Waals surface area contributed by atoms with Gasteiger partial charge in [-0.1, -0.05) is 11.8 Å². The molecule has 0 unspecified atom stereocenters. The molecule has 1 aliphatic rings. The highest BCUT2D eigenvalue weighted by Crippen LogP contribution is 2.29. The molecule has 1 aromatic rings. The molecule has 0 atom stereocenters. The molecule has 1 fully saturated rings. The van der Waals surface area contributed by atoms with Gasteiger partial charge in [-0.25, -0.2) is 4.79 Å². The van der Waals surface area contributed by atoms with Crippen molar-refractivity contribution in [1.29, 1.82) is 0 Å². The minimum atomic E-state index is -4.59. The number of aromatic nitrogens is 3. The highest BCUT2D eigenvalue weighted by atomic mass is 32.2. The molecule has 8 nitrogen and oxygen atoms in total. The maximum Gasteiger partial charge on any atom is 0.451 e. The Morgan fingerprint density at radius 1 is 1.31 bits per heavy atom. The summed E-state index contributed by atoms with van der Waals surface area (Å²) < 4.78 is 43.7. The lowest BCUT2D eigenvalue weighted by molar-refractivity contribution is -0.147. The summed E-state index contributed by atoms with van der Waals surface area (Å²) in [4.78, 5) is 25.2. The Labute approximate surface area is 152 Å². The summed E-state index contributed by atoms with van der Waals surface area (Å²) in [6.07, 6.45) is -3.76. The topological polar surface area (TPSA) is 89.3 Å². The first-order valence-electron chi connectivity index (χ1n) is 8.02. The van der Waals surface area contributed by atoms with E-state index in [0.717, 1.165) is 16.3 Å². The Morgan fingerprint density at radius 3 is 2.50 bits per heavy atom. The van der Waals surface area contributed by atoms with E-state index in [2.05, 4.69) is 15.5 Å². The second-order valence-corrected chi connectivity index (χ2v) is 6.62. The van der Waals surface area contributed by atoms with Crippen LogP contribution in [-0.2, 0) is 22.8 Å². The van der Waals surface area contributed by atoms with Gasteiger partial charge in [-0.3, -0.25) is 4.79 Å². The average Bonchev–Trinajstić information content (AvgIpc) is 2.95. The van der Waals surface area contributed by atoms with Crippen LogP contribution in [0.1, 0.15) is 25.6 Å². The number of piperidine rings is 1. The minimum Gasteiger partial charge on any atom is -0.450 e. The quantitative estimate of drug-likeness (QED) is 0.763. The van der Waals surface area contributed by atoms with Gasteiger partial charge in [0, 0.05) is 26.2 Å². The highest BCUT2D eigenvalue weighted by Gasteiger charge is 2.37. The van der Waals surface area contributed by atoms with Gasteiger partial charge in [-0.05, 0) is 19.8 Å². The maximum absolute atomic E-state index is 12.7. The van der Waals surface area contributed by atoms with Gasteiger partial charge in [-0.2, -0.15) is 13.2 Å². The molecule has 0 bridgehead atoms. The fourth-order valence-electron chi connectivity index (χ4n) is 2.51. The normalized spacial score (nSPS) is 15.8. The third-order valence-corrected chi connectivity index (χ3v) is 4.83. The van der Waals surface area contributed by atoms with Crippen LogP contribution in [-0.4, -0.2) is 63.2 Å². The number of hydrogen-bond acceptors (Lipinski definition) is 6. The lowest BCUT2D eigenvalue weighted by atomic mass is 10.1. The zero-order valence-corrected chi connectivity index (χ0v) is 15.2. The number of hydrogen-bond donors (Lipinski definition) is 1. The van der Waals surface area contributed by atoms with E-state index in [0.29, 0.717) is 32.5 Å². The fraction of sp³-hybridized carbons (Fsp3) is 0.714. The summed E-state index contributed by atoms with van der Waals surface area (Å²) >= 11 is 0.885. The minimum absolute atomic E-state index is 0.0182. The van der Waals surface area contributed by atoms with E-state index in [1.54, 1.807) is 11.8 Å². The van der Waals surface area contributed by atoms with Crippen LogP contribution in [0.2, 0.25) is 0 Å². The first-order valence-corrected chi connectivity index (χ1v) is 9.01. The first-order chi connectivity index (χ1) is 12.2. The molecule has 0 radical (unpaired) electrons. The number of nitrogens with zero attached hydrogens (tertiary/aromatic N) is 4. The van der Waals surface area contributed by atoms with Crippen molar-refractivity contribution in [1.82, 2.24) is 25.0 Å². The Hall–Kier alpha value is -1.98. The van der Waals surface area contributed by atoms with Crippen molar-refractivity contribution in [3.05, 3.63) is 5.82 Å². The molecule has 1 aromatic heterocycles. The SMILES string of the molecule is CCOC(=O)N1CCC(NC(=O)CSc2nnc(C(F)(F)F)n2C)CC1. The number of ether oxygens (including phenoxy) is 1. The van der Waals surface area contributed by atoms with Crippen LogP contribution in [0.15, 0.2) is 5.16 Å². The molecule has 1 aliphatic heterocycles. The van der Waals surface area contributed by atoms with Gasteiger partial charge in [0.1, 0.15) is 0 Å². The molecule has 0 saturated carbocycles. The molecule has 146 valence electrons. The van der Waals surface area contributed by atoms with Crippen molar-refractivity contribution in [2.24, 2.45) is 7.05 Å². The second-order valence-electron chi connectivity index (χ2n) is 5.68. The predicted molar refractivity (Wildman–Crippen MR) is 86.5 cm³/mol. The van der Waals surface area contributed by atoms with Crippen LogP contribution in [0.3, 0.4) is 0 Å². The summed E-state index contributed by atoms with van der Waals surface area (Å²) in [6.45, 7) is 3.01. The Balaban J connectivity index is 1.77. The Bertz CT molecular complexity index is 644.